The van der Waals surface area contributed by atoms with E-state index in [4.69, 9.17) is 11.7 Å². The monoisotopic (exact) mass is 276 g/mol. The van der Waals surface area contributed by atoms with E-state index in [0.29, 0.717) is 18.4 Å². The van der Waals surface area contributed by atoms with Crippen LogP contribution in [0.5, 0.6) is 0 Å². The largest absolute Gasteiger partial charge is 0.241 e. The molecule has 100 valence electrons. The first kappa shape index (κ1) is 15.2. The summed E-state index contributed by atoms with van der Waals surface area (Å²) in [5.74, 6) is 2.51. The van der Waals surface area contributed by atoms with Crippen LogP contribution in [0.25, 0.3) is 0 Å². The molecule has 0 aliphatic carbocycles. The standard InChI is InChI=1S/C14H16N2O2S/c1-4-14(5-2,6-3)16-19(17,18)13-9-7-8-12(10-13)11-15/h1,7-10,16H,5-6H2,2-3H3. The summed E-state index contributed by atoms with van der Waals surface area (Å²) in [6.07, 6.45) is 6.44. The Morgan fingerprint density at radius 3 is 2.47 bits per heavy atom. The first-order valence-corrected chi connectivity index (χ1v) is 7.43. The van der Waals surface area contributed by atoms with Crippen molar-refractivity contribution in [2.45, 2.75) is 37.1 Å². The molecule has 0 amide bonds. The van der Waals surface area contributed by atoms with Crippen LogP contribution in [0.4, 0.5) is 0 Å². The normalized spacial score (nSPS) is 11.6. The Balaban J connectivity index is 3.19. The van der Waals surface area contributed by atoms with Crippen molar-refractivity contribution < 1.29 is 8.42 Å². The van der Waals surface area contributed by atoms with Crippen LogP contribution in [-0.2, 0) is 10.0 Å². The molecule has 0 aliphatic rings. The molecule has 1 aromatic carbocycles. The molecule has 0 saturated heterocycles. The third-order valence-electron chi connectivity index (χ3n) is 3.09. The van der Waals surface area contributed by atoms with Crippen molar-refractivity contribution >= 4 is 10.0 Å². The molecule has 0 fully saturated rings. The molecule has 0 saturated carbocycles. The van der Waals surface area contributed by atoms with E-state index in [-0.39, 0.29) is 4.90 Å². The minimum Gasteiger partial charge on any atom is -0.207 e. The third-order valence-corrected chi connectivity index (χ3v) is 4.62. The van der Waals surface area contributed by atoms with Crippen molar-refractivity contribution in [2.24, 2.45) is 0 Å². The van der Waals surface area contributed by atoms with E-state index >= 15 is 0 Å². The summed E-state index contributed by atoms with van der Waals surface area (Å²) in [5, 5.41) is 8.80. The number of rotatable bonds is 5. The summed E-state index contributed by atoms with van der Waals surface area (Å²) in [7, 11) is -3.73. The molecular weight excluding hydrogens is 260 g/mol. The van der Waals surface area contributed by atoms with Crippen LogP contribution in [0, 0.1) is 23.7 Å². The molecule has 0 spiro atoms. The smallest absolute Gasteiger partial charge is 0.207 e. The summed E-state index contributed by atoms with van der Waals surface area (Å²) in [4.78, 5) is 0.0491. The minimum absolute atomic E-state index is 0.0491. The van der Waals surface area contributed by atoms with E-state index in [9.17, 15) is 8.42 Å². The highest BCUT2D eigenvalue weighted by molar-refractivity contribution is 7.89. The molecule has 4 nitrogen and oxygen atoms in total. The number of hydrogen-bond donors (Lipinski definition) is 1. The lowest BCUT2D eigenvalue weighted by Gasteiger charge is -2.26. The summed E-state index contributed by atoms with van der Waals surface area (Å²) < 4.78 is 27.1. The Hall–Kier alpha value is -1.82. The van der Waals surface area contributed by atoms with Gasteiger partial charge in [-0.15, -0.1) is 6.42 Å². The Kier molecular flexibility index (Phi) is 4.72. The lowest BCUT2D eigenvalue weighted by molar-refractivity contribution is 0.451. The molecule has 1 N–H and O–H groups in total. The summed E-state index contributed by atoms with van der Waals surface area (Å²) in [6.45, 7) is 3.66. The van der Waals surface area contributed by atoms with Gasteiger partial charge < -0.3 is 0 Å². The van der Waals surface area contributed by atoms with Crippen LogP contribution in [0.15, 0.2) is 29.2 Å². The molecule has 1 aromatic rings. The maximum Gasteiger partial charge on any atom is 0.241 e. The van der Waals surface area contributed by atoms with Crippen LogP contribution < -0.4 is 4.72 Å². The SMILES string of the molecule is C#CC(CC)(CC)NS(=O)(=O)c1cccc(C#N)c1. The van der Waals surface area contributed by atoms with Crippen molar-refractivity contribution in [1.29, 1.82) is 5.26 Å². The van der Waals surface area contributed by atoms with E-state index in [1.54, 1.807) is 6.07 Å². The van der Waals surface area contributed by atoms with Gasteiger partial charge in [0.2, 0.25) is 10.0 Å². The number of nitriles is 1. The first-order chi connectivity index (χ1) is 8.93. The number of terminal acetylenes is 1. The lowest BCUT2D eigenvalue weighted by Crippen LogP contribution is -2.46. The average molecular weight is 276 g/mol. The minimum atomic E-state index is -3.73. The highest BCUT2D eigenvalue weighted by atomic mass is 32.2. The van der Waals surface area contributed by atoms with Gasteiger partial charge in [0.15, 0.2) is 0 Å². The van der Waals surface area contributed by atoms with E-state index in [1.165, 1.54) is 18.2 Å². The van der Waals surface area contributed by atoms with Crippen LogP contribution in [0.1, 0.15) is 32.3 Å². The maximum atomic E-state index is 12.3. The number of nitrogens with one attached hydrogen (secondary N) is 1. The summed E-state index contributed by atoms with van der Waals surface area (Å²) >= 11 is 0. The van der Waals surface area contributed by atoms with Gasteiger partial charge >= 0.3 is 0 Å². The van der Waals surface area contributed by atoms with Gasteiger partial charge in [0.1, 0.15) is 0 Å². The van der Waals surface area contributed by atoms with Crippen molar-refractivity contribution in [2.75, 3.05) is 0 Å². The molecule has 0 bridgehead atoms. The van der Waals surface area contributed by atoms with Gasteiger partial charge in [0, 0.05) is 0 Å². The fraction of sp³-hybridized carbons (Fsp3) is 0.357. The summed E-state index contributed by atoms with van der Waals surface area (Å²) in [6, 6.07) is 7.76. The summed E-state index contributed by atoms with van der Waals surface area (Å²) in [5.41, 5.74) is -0.594. The second-order valence-electron chi connectivity index (χ2n) is 4.18. The Labute approximate surface area is 114 Å². The van der Waals surface area contributed by atoms with E-state index < -0.39 is 15.6 Å². The zero-order chi connectivity index (χ0) is 14.5. The number of nitrogens with zero attached hydrogens (tertiary/aromatic N) is 1. The molecule has 0 atom stereocenters. The zero-order valence-electron chi connectivity index (χ0n) is 11.0. The van der Waals surface area contributed by atoms with E-state index in [2.05, 4.69) is 10.6 Å². The molecule has 0 aromatic heterocycles. The van der Waals surface area contributed by atoms with Gasteiger partial charge in [-0.3, -0.25) is 0 Å². The van der Waals surface area contributed by atoms with E-state index in [0.717, 1.165) is 0 Å². The molecule has 1 rings (SSSR count). The topological polar surface area (TPSA) is 70.0 Å². The van der Waals surface area contributed by atoms with Crippen molar-refractivity contribution in [3.05, 3.63) is 29.8 Å². The molecule has 0 heterocycles. The highest BCUT2D eigenvalue weighted by Crippen LogP contribution is 2.19. The Morgan fingerprint density at radius 1 is 1.37 bits per heavy atom. The quantitative estimate of drug-likeness (QED) is 0.836. The van der Waals surface area contributed by atoms with Crippen LogP contribution in [0.2, 0.25) is 0 Å². The average Bonchev–Trinajstić information content (AvgIpc) is 2.45. The van der Waals surface area contributed by atoms with Gasteiger partial charge in [-0.25, -0.2) is 8.42 Å². The molecule has 0 unspecified atom stereocenters. The highest BCUT2D eigenvalue weighted by Gasteiger charge is 2.30. The van der Waals surface area contributed by atoms with Crippen molar-refractivity contribution in [3.8, 4) is 18.4 Å². The first-order valence-electron chi connectivity index (χ1n) is 5.95. The lowest BCUT2D eigenvalue weighted by atomic mass is 9.96. The zero-order valence-corrected chi connectivity index (χ0v) is 11.8. The van der Waals surface area contributed by atoms with Crippen LogP contribution >= 0.6 is 0 Å². The second kappa shape index (κ2) is 5.88. The predicted octanol–water partition coefficient (Wildman–Crippen LogP) is 2.03. The van der Waals surface area contributed by atoms with Crippen LogP contribution in [0.3, 0.4) is 0 Å². The number of hydrogen-bond acceptors (Lipinski definition) is 3. The molecule has 0 aliphatic heterocycles. The van der Waals surface area contributed by atoms with Crippen molar-refractivity contribution in [1.82, 2.24) is 4.72 Å². The van der Waals surface area contributed by atoms with Gasteiger partial charge in [-0.2, -0.15) is 9.98 Å². The van der Waals surface area contributed by atoms with Gasteiger partial charge in [0.05, 0.1) is 22.1 Å². The third kappa shape index (κ3) is 3.35. The number of sulfonamides is 1. The molecule has 19 heavy (non-hydrogen) atoms. The molecule has 5 heteroatoms. The van der Waals surface area contributed by atoms with Crippen molar-refractivity contribution in [3.63, 3.8) is 0 Å². The van der Waals surface area contributed by atoms with Gasteiger partial charge in [-0.05, 0) is 31.0 Å². The Bertz CT molecular complexity index is 632. The predicted molar refractivity (Wildman–Crippen MR) is 73.6 cm³/mol. The maximum absolute atomic E-state index is 12.3. The fourth-order valence-corrected chi connectivity index (χ4v) is 3.20. The number of benzene rings is 1. The van der Waals surface area contributed by atoms with Crippen LogP contribution in [-0.4, -0.2) is 14.0 Å². The fourth-order valence-electron chi connectivity index (χ4n) is 1.68. The molecular formula is C14H16N2O2S. The van der Waals surface area contributed by atoms with E-state index in [1.807, 2.05) is 19.9 Å². The van der Waals surface area contributed by atoms with Gasteiger partial charge in [0.25, 0.3) is 0 Å². The Morgan fingerprint density at radius 2 is 2.00 bits per heavy atom. The second-order valence-corrected chi connectivity index (χ2v) is 5.86. The molecule has 0 radical (unpaired) electrons. The van der Waals surface area contributed by atoms with Gasteiger partial charge in [-0.1, -0.05) is 25.8 Å².